The predicted molar refractivity (Wildman–Crippen MR) is 91.9 cm³/mol. The van der Waals surface area contributed by atoms with Gasteiger partial charge in [0.05, 0.1) is 16.9 Å². The van der Waals surface area contributed by atoms with Gasteiger partial charge in [-0.25, -0.2) is 8.42 Å². The molecule has 8 heteroatoms. The number of hydrogen-bond donors (Lipinski definition) is 2. The van der Waals surface area contributed by atoms with Crippen molar-refractivity contribution in [1.29, 1.82) is 0 Å². The Hall–Kier alpha value is -2.61. The van der Waals surface area contributed by atoms with Gasteiger partial charge in [0.15, 0.2) is 15.6 Å². The summed E-state index contributed by atoms with van der Waals surface area (Å²) in [6.07, 6.45) is 1.26. The fourth-order valence-corrected chi connectivity index (χ4v) is 3.29. The monoisotopic (exact) mass is 364 g/mol. The SMILES string of the molecule is Cc1ccc(S(=O)(=O)CCC(=O)NCCNC(=O)c2ccco2)cc1. The molecule has 0 aliphatic rings. The molecule has 2 aromatic rings. The lowest BCUT2D eigenvalue weighted by Gasteiger charge is -2.07. The number of aryl methyl sites for hydroxylation is 1. The van der Waals surface area contributed by atoms with Gasteiger partial charge in [0, 0.05) is 19.5 Å². The summed E-state index contributed by atoms with van der Waals surface area (Å²) in [6.45, 7) is 2.29. The Bertz CT molecular complexity index is 811. The molecule has 134 valence electrons. The Kier molecular flexibility index (Phi) is 6.35. The van der Waals surface area contributed by atoms with Crippen molar-refractivity contribution in [3.63, 3.8) is 0 Å². The highest BCUT2D eigenvalue weighted by Gasteiger charge is 2.16. The third-order valence-corrected chi connectivity index (χ3v) is 5.19. The average molecular weight is 364 g/mol. The van der Waals surface area contributed by atoms with E-state index in [1.807, 2.05) is 6.92 Å². The van der Waals surface area contributed by atoms with Crippen LogP contribution in [0, 0.1) is 6.92 Å². The zero-order valence-electron chi connectivity index (χ0n) is 13.8. The smallest absolute Gasteiger partial charge is 0.287 e. The van der Waals surface area contributed by atoms with E-state index < -0.39 is 9.84 Å². The molecular weight excluding hydrogens is 344 g/mol. The minimum atomic E-state index is -3.49. The minimum absolute atomic E-state index is 0.137. The van der Waals surface area contributed by atoms with Crippen molar-refractivity contribution in [3.8, 4) is 0 Å². The van der Waals surface area contributed by atoms with Gasteiger partial charge < -0.3 is 15.1 Å². The maximum Gasteiger partial charge on any atom is 0.287 e. The third kappa shape index (κ3) is 5.75. The van der Waals surface area contributed by atoms with Crippen LogP contribution in [0.4, 0.5) is 0 Å². The second-order valence-corrected chi connectivity index (χ2v) is 7.57. The van der Waals surface area contributed by atoms with Gasteiger partial charge in [0.25, 0.3) is 5.91 Å². The highest BCUT2D eigenvalue weighted by molar-refractivity contribution is 7.91. The Morgan fingerprint density at radius 3 is 2.36 bits per heavy atom. The summed E-state index contributed by atoms with van der Waals surface area (Å²) in [5.74, 6) is -0.833. The maximum atomic E-state index is 12.2. The van der Waals surface area contributed by atoms with E-state index in [4.69, 9.17) is 4.42 Å². The van der Waals surface area contributed by atoms with Gasteiger partial charge in [0.1, 0.15) is 0 Å². The molecule has 2 N–H and O–H groups in total. The second-order valence-electron chi connectivity index (χ2n) is 5.47. The first kappa shape index (κ1) is 18.7. The van der Waals surface area contributed by atoms with Crippen molar-refractivity contribution in [2.45, 2.75) is 18.2 Å². The van der Waals surface area contributed by atoms with Crippen LogP contribution in [-0.4, -0.2) is 39.1 Å². The van der Waals surface area contributed by atoms with Gasteiger partial charge in [-0.15, -0.1) is 0 Å². The van der Waals surface area contributed by atoms with Gasteiger partial charge in [-0.05, 0) is 31.2 Å². The molecule has 0 atom stereocenters. The molecule has 1 heterocycles. The molecule has 1 aromatic heterocycles. The summed E-state index contributed by atoms with van der Waals surface area (Å²) < 4.78 is 29.2. The molecular formula is C17H20N2O5S. The first-order valence-electron chi connectivity index (χ1n) is 7.76. The molecule has 0 radical (unpaired) electrons. The number of carbonyl (C=O) groups excluding carboxylic acids is 2. The van der Waals surface area contributed by atoms with Gasteiger partial charge >= 0.3 is 0 Å². The number of furan rings is 1. The number of benzene rings is 1. The largest absolute Gasteiger partial charge is 0.459 e. The van der Waals surface area contributed by atoms with E-state index in [-0.39, 0.29) is 47.7 Å². The number of rotatable bonds is 8. The van der Waals surface area contributed by atoms with Gasteiger partial charge in [-0.2, -0.15) is 0 Å². The molecule has 2 amide bonds. The summed E-state index contributed by atoms with van der Waals surface area (Å²) in [5.41, 5.74) is 0.966. The zero-order chi connectivity index (χ0) is 18.3. The lowest BCUT2D eigenvalue weighted by molar-refractivity contribution is -0.120. The number of nitrogens with one attached hydrogen (secondary N) is 2. The van der Waals surface area contributed by atoms with Gasteiger partial charge in [0.2, 0.25) is 5.91 Å². The van der Waals surface area contributed by atoms with Gasteiger partial charge in [-0.1, -0.05) is 17.7 Å². The molecule has 1 aromatic carbocycles. The molecule has 0 saturated heterocycles. The Morgan fingerprint density at radius 1 is 1.04 bits per heavy atom. The minimum Gasteiger partial charge on any atom is -0.459 e. The summed E-state index contributed by atoms with van der Waals surface area (Å²) in [4.78, 5) is 23.5. The quantitative estimate of drug-likeness (QED) is 0.687. The fourth-order valence-electron chi connectivity index (χ4n) is 2.05. The second kappa shape index (κ2) is 8.48. The first-order chi connectivity index (χ1) is 11.9. The zero-order valence-corrected chi connectivity index (χ0v) is 14.6. The van der Waals surface area contributed by atoms with E-state index in [0.29, 0.717) is 0 Å². The van der Waals surface area contributed by atoms with Crippen molar-refractivity contribution < 1.29 is 22.4 Å². The van der Waals surface area contributed by atoms with E-state index in [0.717, 1.165) is 5.56 Å². The van der Waals surface area contributed by atoms with Crippen LogP contribution in [0.1, 0.15) is 22.5 Å². The molecule has 0 aliphatic heterocycles. The Labute approximate surface area is 146 Å². The van der Waals surface area contributed by atoms with E-state index in [1.165, 1.54) is 24.5 Å². The molecule has 0 fully saturated rings. The number of carbonyl (C=O) groups is 2. The maximum absolute atomic E-state index is 12.2. The first-order valence-corrected chi connectivity index (χ1v) is 9.41. The normalized spacial score (nSPS) is 11.1. The van der Waals surface area contributed by atoms with E-state index in [2.05, 4.69) is 10.6 Å². The predicted octanol–water partition coefficient (Wildman–Crippen LogP) is 1.30. The summed E-state index contributed by atoms with van der Waals surface area (Å²) in [7, 11) is -3.49. The Morgan fingerprint density at radius 2 is 1.72 bits per heavy atom. The lowest BCUT2D eigenvalue weighted by Crippen LogP contribution is -2.35. The van der Waals surface area contributed by atoms with Crippen molar-refractivity contribution in [3.05, 3.63) is 54.0 Å². The highest BCUT2D eigenvalue weighted by atomic mass is 32.2. The molecule has 0 bridgehead atoms. The topological polar surface area (TPSA) is 105 Å². The summed E-state index contributed by atoms with van der Waals surface area (Å²) in [6, 6.07) is 9.64. The number of hydrogen-bond acceptors (Lipinski definition) is 5. The van der Waals surface area contributed by atoms with Crippen LogP contribution in [0.5, 0.6) is 0 Å². The third-order valence-electron chi connectivity index (χ3n) is 3.46. The average Bonchev–Trinajstić information content (AvgIpc) is 3.12. The molecule has 25 heavy (non-hydrogen) atoms. The molecule has 0 spiro atoms. The molecule has 7 nitrogen and oxygen atoms in total. The van der Waals surface area contributed by atoms with Crippen LogP contribution in [0.15, 0.2) is 52.0 Å². The van der Waals surface area contributed by atoms with Crippen molar-refractivity contribution in [2.75, 3.05) is 18.8 Å². The Balaban J connectivity index is 1.70. The summed E-state index contributed by atoms with van der Waals surface area (Å²) >= 11 is 0. The van der Waals surface area contributed by atoms with Crippen LogP contribution >= 0.6 is 0 Å². The van der Waals surface area contributed by atoms with Crippen LogP contribution in [-0.2, 0) is 14.6 Å². The highest BCUT2D eigenvalue weighted by Crippen LogP contribution is 2.12. The standard InChI is InChI=1S/C17H20N2O5S/c1-13-4-6-14(7-5-13)25(22,23)12-8-16(20)18-9-10-19-17(21)15-3-2-11-24-15/h2-7,11H,8-10,12H2,1H3,(H,18,20)(H,19,21). The lowest BCUT2D eigenvalue weighted by atomic mass is 10.2. The molecule has 2 rings (SSSR count). The van der Waals surface area contributed by atoms with Gasteiger partial charge in [-0.3, -0.25) is 9.59 Å². The van der Waals surface area contributed by atoms with Crippen molar-refractivity contribution in [1.82, 2.24) is 10.6 Å². The molecule has 0 aliphatic carbocycles. The number of amides is 2. The van der Waals surface area contributed by atoms with Crippen molar-refractivity contribution >= 4 is 21.7 Å². The number of sulfone groups is 1. The van der Waals surface area contributed by atoms with Crippen LogP contribution in [0.2, 0.25) is 0 Å². The summed E-state index contributed by atoms with van der Waals surface area (Å²) in [5, 5.41) is 5.15. The van der Waals surface area contributed by atoms with E-state index in [9.17, 15) is 18.0 Å². The van der Waals surface area contributed by atoms with Crippen molar-refractivity contribution in [2.24, 2.45) is 0 Å². The van der Waals surface area contributed by atoms with E-state index in [1.54, 1.807) is 18.2 Å². The van der Waals surface area contributed by atoms with Crippen LogP contribution < -0.4 is 10.6 Å². The van der Waals surface area contributed by atoms with Crippen LogP contribution in [0.25, 0.3) is 0 Å². The molecule has 0 unspecified atom stereocenters. The van der Waals surface area contributed by atoms with Crippen LogP contribution in [0.3, 0.4) is 0 Å². The molecule has 0 saturated carbocycles. The fraction of sp³-hybridized carbons (Fsp3) is 0.294. The van der Waals surface area contributed by atoms with E-state index >= 15 is 0 Å².